The number of carbonyl (C=O) groups excluding carboxylic acids is 1. The van der Waals surface area contributed by atoms with Crippen molar-refractivity contribution in [3.05, 3.63) is 65.7 Å². The van der Waals surface area contributed by atoms with Crippen LogP contribution < -0.4 is 15.5 Å². The van der Waals surface area contributed by atoms with Gasteiger partial charge in [0.1, 0.15) is 5.82 Å². The van der Waals surface area contributed by atoms with Gasteiger partial charge in [-0.3, -0.25) is 4.79 Å². The Morgan fingerprint density at radius 2 is 1.61 bits per heavy atom. The molecule has 172 valence electrons. The van der Waals surface area contributed by atoms with Crippen molar-refractivity contribution < 1.29 is 4.79 Å². The number of carbonyl (C=O) groups is 1. The minimum atomic E-state index is 0.113. The Morgan fingerprint density at radius 3 is 2.39 bits per heavy atom. The summed E-state index contributed by atoms with van der Waals surface area (Å²) in [6, 6.07) is 19.7. The second kappa shape index (κ2) is 9.42. The number of hydrogen-bond acceptors (Lipinski definition) is 4. The molecule has 5 heteroatoms. The Labute approximate surface area is 196 Å². The van der Waals surface area contributed by atoms with Crippen molar-refractivity contribution in [1.29, 1.82) is 0 Å². The predicted octanol–water partition coefficient (Wildman–Crippen LogP) is 4.95. The second-order valence-corrected chi connectivity index (χ2v) is 9.85. The lowest BCUT2D eigenvalue weighted by Gasteiger charge is -2.32. The van der Waals surface area contributed by atoms with Crippen molar-refractivity contribution in [3.8, 4) is 0 Å². The molecule has 5 rings (SSSR count). The van der Waals surface area contributed by atoms with Crippen LogP contribution in [0.5, 0.6) is 0 Å². The summed E-state index contributed by atoms with van der Waals surface area (Å²) in [5.74, 6) is 1.29. The highest BCUT2D eigenvalue weighted by Gasteiger charge is 2.28. The number of pyridine rings is 1. The number of benzene rings is 2. The van der Waals surface area contributed by atoms with Crippen LogP contribution in [-0.4, -0.2) is 37.1 Å². The number of amides is 1. The number of fused-ring (bicyclic) bond motifs is 2. The lowest BCUT2D eigenvalue weighted by atomic mass is 9.83. The second-order valence-electron chi connectivity index (χ2n) is 9.85. The first-order valence-electron chi connectivity index (χ1n) is 12.3. The molecule has 1 heterocycles. The Kier molecular flexibility index (Phi) is 6.21. The summed E-state index contributed by atoms with van der Waals surface area (Å²) in [5, 5.41) is 8.20. The molecule has 1 saturated carbocycles. The minimum absolute atomic E-state index is 0.113. The summed E-state index contributed by atoms with van der Waals surface area (Å²) in [7, 11) is 4.15. The van der Waals surface area contributed by atoms with Crippen molar-refractivity contribution in [1.82, 2.24) is 10.3 Å². The summed E-state index contributed by atoms with van der Waals surface area (Å²) in [5.41, 5.74) is 4.95. The molecule has 5 nitrogen and oxygen atoms in total. The number of aryl methyl sites for hydroxylation is 1. The fourth-order valence-corrected chi connectivity index (χ4v) is 5.43. The zero-order chi connectivity index (χ0) is 22.8. The molecular formula is C28H34N4O. The fraction of sp³-hybridized carbons (Fsp3) is 0.429. The molecule has 1 aromatic heterocycles. The van der Waals surface area contributed by atoms with Crippen LogP contribution in [-0.2, 0) is 17.6 Å². The monoisotopic (exact) mass is 442 g/mol. The Hall–Kier alpha value is -3.08. The molecule has 2 aliphatic carbocycles. The van der Waals surface area contributed by atoms with Crippen LogP contribution in [0.3, 0.4) is 0 Å². The summed E-state index contributed by atoms with van der Waals surface area (Å²) in [6.45, 7) is 0. The maximum atomic E-state index is 12.9. The molecule has 1 amide bonds. The van der Waals surface area contributed by atoms with Gasteiger partial charge < -0.3 is 15.5 Å². The van der Waals surface area contributed by atoms with Crippen LogP contribution in [0.4, 0.5) is 11.5 Å². The number of para-hydroxylation sites is 1. The van der Waals surface area contributed by atoms with Gasteiger partial charge in [-0.15, -0.1) is 0 Å². The van der Waals surface area contributed by atoms with Gasteiger partial charge in [-0.05, 0) is 62.1 Å². The Bertz CT molecular complexity index is 1130. The quantitative estimate of drug-likeness (QED) is 0.587. The van der Waals surface area contributed by atoms with Crippen molar-refractivity contribution in [2.75, 3.05) is 24.3 Å². The Balaban J connectivity index is 1.16. The first-order chi connectivity index (χ1) is 16.1. The van der Waals surface area contributed by atoms with Gasteiger partial charge >= 0.3 is 0 Å². The third-order valence-electron chi connectivity index (χ3n) is 7.32. The lowest BCUT2D eigenvalue weighted by Crippen LogP contribution is -2.43. The molecule has 1 unspecified atom stereocenters. The van der Waals surface area contributed by atoms with E-state index in [1.54, 1.807) is 0 Å². The smallest absolute Gasteiger partial charge is 0.223 e. The SMILES string of the molecule is CN(C)c1cc(N[C@H]2CC[C@@H](NC(=O)C3CCc4ccccc4C3)CC2)nc2ccccc12. The lowest BCUT2D eigenvalue weighted by molar-refractivity contribution is -0.126. The van der Waals surface area contributed by atoms with Crippen LogP contribution in [0.25, 0.3) is 10.9 Å². The molecule has 2 aliphatic rings. The van der Waals surface area contributed by atoms with Crippen molar-refractivity contribution in [2.24, 2.45) is 5.92 Å². The average molecular weight is 443 g/mol. The van der Waals surface area contributed by atoms with Gasteiger partial charge in [0.25, 0.3) is 0 Å². The van der Waals surface area contributed by atoms with Crippen molar-refractivity contribution in [2.45, 2.75) is 57.0 Å². The third kappa shape index (κ3) is 4.82. The van der Waals surface area contributed by atoms with E-state index < -0.39 is 0 Å². The molecule has 0 spiro atoms. The van der Waals surface area contributed by atoms with Crippen LogP contribution in [0.15, 0.2) is 54.6 Å². The number of aromatic nitrogens is 1. The first kappa shape index (κ1) is 21.7. The van der Waals surface area contributed by atoms with E-state index in [2.05, 4.69) is 78.2 Å². The van der Waals surface area contributed by atoms with Gasteiger partial charge in [0.2, 0.25) is 5.91 Å². The van der Waals surface area contributed by atoms with E-state index in [1.807, 2.05) is 6.07 Å². The molecule has 2 N–H and O–H groups in total. The minimum Gasteiger partial charge on any atom is -0.377 e. The molecule has 2 aromatic carbocycles. The van der Waals surface area contributed by atoms with Crippen molar-refractivity contribution >= 4 is 28.3 Å². The van der Waals surface area contributed by atoms with Gasteiger partial charge in [-0.2, -0.15) is 0 Å². The fourth-order valence-electron chi connectivity index (χ4n) is 5.43. The van der Waals surface area contributed by atoms with Gasteiger partial charge in [-0.25, -0.2) is 4.98 Å². The summed E-state index contributed by atoms with van der Waals surface area (Å²) < 4.78 is 0. The maximum absolute atomic E-state index is 12.9. The van der Waals surface area contributed by atoms with Gasteiger partial charge in [0.05, 0.1) is 5.52 Å². The highest BCUT2D eigenvalue weighted by atomic mass is 16.1. The number of hydrogen-bond donors (Lipinski definition) is 2. The molecule has 0 radical (unpaired) electrons. The molecular weight excluding hydrogens is 408 g/mol. The van der Waals surface area contributed by atoms with E-state index in [1.165, 1.54) is 22.2 Å². The van der Waals surface area contributed by atoms with Crippen LogP contribution in [0.2, 0.25) is 0 Å². The van der Waals surface area contributed by atoms with E-state index in [0.29, 0.717) is 6.04 Å². The van der Waals surface area contributed by atoms with E-state index in [-0.39, 0.29) is 17.9 Å². The van der Waals surface area contributed by atoms with Crippen LogP contribution in [0.1, 0.15) is 43.2 Å². The maximum Gasteiger partial charge on any atom is 0.223 e. The number of rotatable bonds is 5. The van der Waals surface area contributed by atoms with Gasteiger partial charge in [-0.1, -0.05) is 42.5 Å². The number of nitrogens with one attached hydrogen (secondary N) is 2. The zero-order valence-corrected chi connectivity index (χ0v) is 19.7. The average Bonchev–Trinajstić information content (AvgIpc) is 2.84. The number of nitrogens with zero attached hydrogens (tertiary/aromatic N) is 2. The molecule has 33 heavy (non-hydrogen) atoms. The van der Waals surface area contributed by atoms with E-state index in [4.69, 9.17) is 4.98 Å². The van der Waals surface area contributed by atoms with Gasteiger partial charge in [0, 0.05) is 49.2 Å². The van der Waals surface area contributed by atoms with E-state index >= 15 is 0 Å². The molecule has 1 fully saturated rings. The van der Waals surface area contributed by atoms with Crippen LogP contribution in [0, 0.1) is 5.92 Å². The molecule has 0 aliphatic heterocycles. The third-order valence-corrected chi connectivity index (χ3v) is 7.32. The van der Waals surface area contributed by atoms with E-state index in [0.717, 1.165) is 56.3 Å². The molecule has 0 saturated heterocycles. The largest absolute Gasteiger partial charge is 0.377 e. The molecule has 0 bridgehead atoms. The molecule has 1 atom stereocenters. The summed E-state index contributed by atoms with van der Waals surface area (Å²) in [4.78, 5) is 19.9. The van der Waals surface area contributed by atoms with E-state index in [9.17, 15) is 4.79 Å². The standard InChI is InChI=1S/C28H34N4O/c1-32(2)26-18-27(31-25-10-6-5-9-24(25)26)29-22-13-15-23(16-14-22)30-28(33)21-12-11-19-7-3-4-8-20(19)17-21/h3-10,18,21-23H,11-17H2,1-2H3,(H,29,31)(H,30,33)/t21?,22-,23+. The summed E-state index contributed by atoms with van der Waals surface area (Å²) >= 11 is 0. The number of anilines is 2. The van der Waals surface area contributed by atoms with Gasteiger partial charge in [0.15, 0.2) is 0 Å². The first-order valence-corrected chi connectivity index (χ1v) is 12.3. The highest BCUT2D eigenvalue weighted by molar-refractivity contribution is 5.93. The summed E-state index contributed by atoms with van der Waals surface area (Å²) in [6.07, 6.45) is 6.97. The highest BCUT2D eigenvalue weighted by Crippen LogP contribution is 2.30. The van der Waals surface area contributed by atoms with Crippen LogP contribution >= 0.6 is 0 Å². The Morgan fingerprint density at radius 1 is 0.909 bits per heavy atom. The topological polar surface area (TPSA) is 57.3 Å². The zero-order valence-electron chi connectivity index (χ0n) is 19.7. The molecule has 3 aromatic rings. The predicted molar refractivity (Wildman–Crippen MR) is 136 cm³/mol. The normalized spacial score (nSPS) is 22.4. The van der Waals surface area contributed by atoms with Crippen molar-refractivity contribution in [3.63, 3.8) is 0 Å².